The molecule has 0 unspecified atom stereocenters. The Labute approximate surface area is 178 Å². The summed E-state index contributed by atoms with van der Waals surface area (Å²) in [6.07, 6.45) is 0.902. The first-order chi connectivity index (χ1) is 13.9. The molecule has 0 spiro atoms. The zero-order valence-electron chi connectivity index (χ0n) is 18.5. The van der Waals surface area contributed by atoms with Crippen LogP contribution in [0.5, 0.6) is 0 Å². The highest BCUT2D eigenvalue weighted by atomic mass is 19.4. The van der Waals surface area contributed by atoms with Crippen LogP contribution in [0.25, 0.3) is 0 Å². The molecule has 1 aromatic carbocycles. The number of piperidine rings is 1. The van der Waals surface area contributed by atoms with Gasteiger partial charge in [-0.1, -0.05) is 25.8 Å². The molecule has 0 bridgehead atoms. The molecule has 1 aromatic rings. The molecular weight excluding hydrogens is 391 g/mol. The Hall–Kier alpha value is -1.72. The quantitative estimate of drug-likeness (QED) is 0.505. The highest BCUT2D eigenvalue weighted by Crippen LogP contribution is 2.43. The smallest absolute Gasteiger partial charge is 0.416 e. The van der Waals surface area contributed by atoms with Gasteiger partial charge >= 0.3 is 12.3 Å². The van der Waals surface area contributed by atoms with E-state index in [1.165, 1.54) is 12.1 Å². The number of hydrogen-bond acceptors (Lipinski definition) is 2. The van der Waals surface area contributed by atoms with Crippen LogP contribution in [0.3, 0.4) is 0 Å². The zero-order chi connectivity index (χ0) is 22.1. The lowest BCUT2D eigenvalue weighted by Gasteiger charge is -2.36. The largest absolute Gasteiger partial charge is 0.444 e. The van der Waals surface area contributed by atoms with Crippen molar-refractivity contribution in [3.63, 3.8) is 0 Å². The summed E-state index contributed by atoms with van der Waals surface area (Å²) in [5, 5.41) is 0. The number of carbonyl (C=O) groups excluding carboxylic acids is 1. The predicted octanol–water partition coefficient (Wildman–Crippen LogP) is 7.11. The third kappa shape index (κ3) is 5.70. The van der Waals surface area contributed by atoms with E-state index < -0.39 is 17.3 Å². The first-order valence-electron chi connectivity index (χ1n) is 11.1. The molecule has 1 saturated heterocycles. The van der Waals surface area contributed by atoms with Gasteiger partial charge in [0, 0.05) is 13.1 Å². The molecule has 168 valence electrons. The molecule has 2 aliphatic rings. The van der Waals surface area contributed by atoms with Gasteiger partial charge in [-0.05, 0) is 87.5 Å². The number of likely N-dealkylation sites (tertiary alicyclic amines) is 1. The number of halogens is 3. The fourth-order valence-corrected chi connectivity index (χ4v) is 4.75. The van der Waals surface area contributed by atoms with Gasteiger partial charge in [0.2, 0.25) is 0 Å². The van der Waals surface area contributed by atoms with Crippen LogP contribution in [0.1, 0.15) is 94.7 Å². The first-order valence-corrected chi connectivity index (χ1v) is 11.1. The lowest BCUT2D eigenvalue weighted by Crippen LogP contribution is -2.41. The number of hydrogen-bond donors (Lipinski definition) is 0. The van der Waals surface area contributed by atoms with E-state index in [0.717, 1.165) is 49.7 Å². The van der Waals surface area contributed by atoms with Crippen LogP contribution in [-0.4, -0.2) is 29.7 Å². The molecule has 3 rings (SSSR count). The summed E-state index contributed by atoms with van der Waals surface area (Å²) in [5.74, 6) is 1.02. The average Bonchev–Trinajstić information content (AvgIpc) is 2.66. The van der Waals surface area contributed by atoms with Crippen LogP contribution in [0.4, 0.5) is 18.0 Å². The Morgan fingerprint density at radius 1 is 0.933 bits per heavy atom. The van der Waals surface area contributed by atoms with Crippen molar-refractivity contribution in [3.05, 3.63) is 34.9 Å². The van der Waals surface area contributed by atoms with E-state index in [9.17, 15) is 18.0 Å². The van der Waals surface area contributed by atoms with Crippen LogP contribution in [0, 0.1) is 5.92 Å². The molecule has 1 aliphatic carbocycles. The number of carbonyl (C=O) groups is 1. The third-order valence-electron chi connectivity index (χ3n) is 6.46. The Morgan fingerprint density at radius 2 is 1.50 bits per heavy atom. The summed E-state index contributed by atoms with van der Waals surface area (Å²) < 4.78 is 45.6. The number of alkyl halides is 3. The van der Waals surface area contributed by atoms with Crippen molar-refractivity contribution in [2.75, 3.05) is 13.1 Å². The summed E-state index contributed by atoms with van der Waals surface area (Å²) in [6, 6.07) is 4.32. The standard InChI is InChI=1S/C24H34F3NO2/c1-16-5-7-17(8-6-16)21-15-19(24(25,26)27)9-10-20(21)18-11-13-28(14-12-18)22(29)30-23(2,3)4/h9-10,15-18H,5-8,11-14H2,1-4H3. The second-order valence-corrected chi connectivity index (χ2v) is 10.0. The van der Waals surface area contributed by atoms with Gasteiger partial charge in [-0.3, -0.25) is 0 Å². The summed E-state index contributed by atoms with van der Waals surface area (Å²) in [5.41, 5.74) is 0.844. The van der Waals surface area contributed by atoms with E-state index >= 15 is 0 Å². The van der Waals surface area contributed by atoms with Crippen molar-refractivity contribution in [1.29, 1.82) is 0 Å². The van der Waals surface area contributed by atoms with E-state index in [1.54, 1.807) is 11.0 Å². The number of ether oxygens (including phenoxy) is 1. The molecule has 2 fully saturated rings. The zero-order valence-corrected chi connectivity index (χ0v) is 18.5. The van der Waals surface area contributed by atoms with E-state index in [2.05, 4.69) is 6.92 Å². The Balaban J connectivity index is 1.78. The Kier molecular flexibility index (Phi) is 6.73. The minimum atomic E-state index is -4.32. The van der Waals surface area contributed by atoms with Crippen molar-refractivity contribution >= 4 is 6.09 Å². The highest BCUT2D eigenvalue weighted by Gasteiger charge is 2.34. The van der Waals surface area contributed by atoms with Crippen LogP contribution < -0.4 is 0 Å². The molecule has 30 heavy (non-hydrogen) atoms. The van der Waals surface area contributed by atoms with E-state index in [-0.39, 0.29) is 17.9 Å². The fraction of sp³-hybridized carbons (Fsp3) is 0.708. The lowest BCUT2D eigenvalue weighted by molar-refractivity contribution is -0.137. The summed E-state index contributed by atoms with van der Waals surface area (Å²) >= 11 is 0. The van der Waals surface area contributed by atoms with E-state index in [1.807, 2.05) is 20.8 Å². The van der Waals surface area contributed by atoms with Gasteiger partial charge in [0.05, 0.1) is 5.56 Å². The number of nitrogens with zero attached hydrogens (tertiary/aromatic N) is 1. The van der Waals surface area contributed by atoms with Crippen molar-refractivity contribution in [3.8, 4) is 0 Å². The van der Waals surface area contributed by atoms with Gasteiger partial charge in [-0.2, -0.15) is 13.2 Å². The summed E-state index contributed by atoms with van der Waals surface area (Å²) in [7, 11) is 0. The van der Waals surface area contributed by atoms with Gasteiger partial charge in [-0.25, -0.2) is 4.79 Å². The van der Waals surface area contributed by atoms with Crippen LogP contribution in [-0.2, 0) is 10.9 Å². The molecule has 3 nitrogen and oxygen atoms in total. The van der Waals surface area contributed by atoms with E-state index in [0.29, 0.717) is 19.0 Å². The molecule has 1 aliphatic heterocycles. The van der Waals surface area contributed by atoms with Crippen LogP contribution in [0.15, 0.2) is 18.2 Å². The molecule has 0 aromatic heterocycles. The SMILES string of the molecule is CC1CCC(c2cc(C(F)(F)F)ccc2C2CCN(C(=O)OC(C)(C)C)CC2)CC1. The molecule has 1 saturated carbocycles. The van der Waals surface area contributed by atoms with Crippen molar-refractivity contribution < 1.29 is 22.7 Å². The van der Waals surface area contributed by atoms with Gasteiger partial charge in [-0.15, -0.1) is 0 Å². The maximum atomic E-state index is 13.4. The topological polar surface area (TPSA) is 29.5 Å². The highest BCUT2D eigenvalue weighted by molar-refractivity contribution is 5.68. The average molecular weight is 426 g/mol. The molecule has 0 atom stereocenters. The minimum absolute atomic E-state index is 0.181. The van der Waals surface area contributed by atoms with Gasteiger partial charge < -0.3 is 9.64 Å². The van der Waals surface area contributed by atoms with Crippen LogP contribution in [0.2, 0.25) is 0 Å². The number of rotatable bonds is 2. The summed E-state index contributed by atoms with van der Waals surface area (Å²) in [6.45, 7) is 8.89. The van der Waals surface area contributed by atoms with E-state index in [4.69, 9.17) is 4.74 Å². The second kappa shape index (κ2) is 8.80. The maximum absolute atomic E-state index is 13.4. The normalized spacial score (nSPS) is 24.0. The second-order valence-electron chi connectivity index (χ2n) is 10.0. The van der Waals surface area contributed by atoms with Crippen molar-refractivity contribution in [1.82, 2.24) is 4.90 Å². The Morgan fingerprint density at radius 3 is 2.03 bits per heavy atom. The predicted molar refractivity (Wildman–Crippen MR) is 112 cm³/mol. The monoisotopic (exact) mass is 425 g/mol. The third-order valence-corrected chi connectivity index (χ3v) is 6.46. The fourth-order valence-electron chi connectivity index (χ4n) is 4.75. The molecular formula is C24H34F3NO2. The van der Waals surface area contributed by atoms with Crippen molar-refractivity contribution in [2.24, 2.45) is 5.92 Å². The molecule has 0 radical (unpaired) electrons. The number of benzene rings is 1. The van der Waals surface area contributed by atoms with Gasteiger partial charge in [0.15, 0.2) is 0 Å². The minimum Gasteiger partial charge on any atom is -0.444 e. The van der Waals surface area contributed by atoms with Crippen LogP contribution >= 0.6 is 0 Å². The van der Waals surface area contributed by atoms with Crippen molar-refractivity contribution in [2.45, 2.75) is 89.8 Å². The molecule has 1 heterocycles. The van der Waals surface area contributed by atoms with Gasteiger partial charge in [0.25, 0.3) is 0 Å². The maximum Gasteiger partial charge on any atom is 0.416 e. The molecule has 6 heteroatoms. The Bertz CT molecular complexity index is 738. The van der Waals surface area contributed by atoms with Gasteiger partial charge in [0.1, 0.15) is 5.60 Å². The summed E-state index contributed by atoms with van der Waals surface area (Å²) in [4.78, 5) is 14.1. The number of amides is 1. The molecule has 1 amide bonds. The molecule has 0 N–H and O–H groups in total. The lowest BCUT2D eigenvalue weighted by atomic mass is 9.75. The first kappa shape index (κ1) is 23.0.